The van der Waals surface area contributed by atoms with Crippen molar-refractivity contribution in [2.45, 2.75) is 25.4 Å². The fourth-order valence-electron chi connectivity index (χ4n) is 2.12. The van der Waals surface area contributed by atoms with Gasteiger partial charge in [0.25, 0.3) is 0 Å². The van der Waals surface area contributed by atoms with E-state index in [1.54, 1.807) is 0 Å². The number of amides is 1. The zero-order valence-corrected chi connectivity index (χ0v) is 11.3. The van der Waals surface area contributed by atoms with E-state index in [4.69, 9.17) is 9.84 Å². The Morgan fingerprint density at radius 3 is 2.90 bits per heavy atom. The smallest absolute Gasteiger partial charge is 0.328 e. The van der Waals surface area contributed by atoms with Crippen LogP contribution in [0.15, 0.2) is 24.3 Å². The predicted octanol–water partition coefficient (Wildman–Crippen LogP) is 2.43. The summed E-state index contributed by atoms with van der Waals surface area (Å²) in [5.41, 5.74) is 0.484. The number of benzene rings is 1. The molecule has 0 saturated carbocycles. The molecule has 2 N–H and O–H groups in total. The molecule has 6 heteroatoms. The molecular weight excluding hydrogens is 277 g/mol. The van der Waals surface area contributed by atoms with E-state index in [9.17, 15) is 14.0 Å². The Bertz CT molecular complexity index is 565. The van der Waals surface area contributed by atoms with Crippen molar-refractivity contribution in [3.8, 4) is 0 Å². The van der Waals surface area contributed by atoms with Gasteiger partial charge in [0.05, 0.1) is 18.2 Å². The number of anilines is 1. The van der Waals surface area contributed by atoms with E-state index in [1.165, 1.54) is 24.3 Å². The second-order valence-electron chi connectivity index (χ2n) is 4.80. The van der Waals surface area contributed by atoms with Crippen LogP contribution in [0, 0.1) is 5.82 Å². The molecule has 1 heterocycles. The van der Waals surface area contributed by atoms with Crippen LogP contribution in [0.3, 0.4) is 0 Å². The van der Waals surface area contributed by atoms with Crippen LogP contribution < -0.4 is 5.32 Å². The maximum Gasteiger partial charge on any atom is 0.328 e. The molecular formula is C15H16FNO4. The van der Waals surface area contributed by atoms with Gasteiger partial charge in [0.2, 0.25) is 5.91 Å². The van der Waals surface area contributed by atoms with E-state index in [1.807, 2.05) is 0 Å². The van der Waals surface area contributed by atoms with E-state index < -0.39 is 11.8 Å². The summed E-state index contributed by atoms with van der Waals surface area (Å²) in [6, 6.07) is 4.11. The number of aliphatic carboxylic acids is 1. The van der Waals surface area contributed by atoms with Crippen molar-refractivity contribution in [3.05, 3.63) is 35.7 Å². The number of carbonyl (C=O) groups is 2. The number of carboxylic acids is 1. The summed E-state index contributed by atoms with van der Waals surface area (Å²) < 4.78 is 19.2. The molecule has 1 aromatic rings. The van der Waals surface area contributed by atoms with Crippen molar-refractivity contribution in [2.24, 2.45) is 0 Å². The first kappa shape index (κ1) is 15.2. The SMILES string of the molecule is O=C(O)C=Cc1ccc(NC(=O)CC2CCCO2)c(F)c1. The third-order valence-electron chi connectivity index (χ3n) is 3.12. The molecule has 1 amide bonds. The Morgan fingerprint density at radius 1 is 1.48 bits per heavy atom. The number of carbonyl (C=O) groups excluding carboxylic acids is 1. The molecule has 1 unspecified atom stereocenters. The molecule has 1 saturated heterocycles. The summed E-state index contributed by atoms with van der Waals surface area (Å²) in [6.45, 7) is 0.664. The van der Waals surface area contributed by atoms with Crippen molar-refractivity contribution in [1.82, 2.24) is 0 Å². The lowest BCUT2D eigenvalue weighted by Gasteiger charge is -2.10. The molecule has 5 nitrogen and oxygen atoms in total. The Morgan fingerprint density at radius 2 is 2.29 bits per heavy atom. The minimum Gasteiger partial charge on any atom is -0.478 e. The van der Waals surface area contributed by atoms with Gasteiger partial charge in [-0.1, -0.05) is 6.07 Å². The monoisotopic (exact) mass is 293 g/mol. The van der Waals surface area contributed by atoms with Crippen molar-refractivity contribution in [1.29, 1.82) is 0 Å². The van der Waals surface area contributed by atoms with Crippen LogP contribution in [-0.2, 0) is 14.3 Å². The minimum atomic E-state index is -1.11. The molecule has 21 heavy (non-hydrogen) atoms. The molecule has 1 aromatic carbocycles. The van der Waals surface area contributed by atoms with E-state index in [0.29, 0.717) is 12.2 Å². The van der Waals surface area contributed by atoms with Gasteiger partial charge in [-0.2, -0.15) is 0 Å². The first-order chi connectivity index (χ1) is 10.0. The van der Waals surface area contributed by atoms with Gasteiger partial charge in [-0.25, -0.2) is 9.18 Å². The molecule has 0 spiro atoms. The van der Waals surface area contributed by atoms with E-state index in [2.05, 4.69) is 5.32 Å². The van der Waals surface area contributed by atoms with E-state index >= 15 is 0 Å². The molecule has 0 aromatic heterocycles. The maximum atomic E-state index is 13.8. The van der Waals surface area contributed by atoms with Crippen LogP contribution in [0.25, 0.3) is 6.08 Å². The van der Waals surface area contributed by atoms with Gasteiger partial charge in [-0.05, 0) is 36.6 Å². The summed E-state index contributed by atoms with van der Waals surface area (Å²) in [5.74, 6) is -2.01. The highest BCUT2D eigenvalue weighted by atomic mass is 19.1. The van der Waals surface area contributed by atoms with E-state index in [0.717, 1.165) is 18.9 Å². The van der Waals surface area contributed by atoms with Gasteiger partial charge >= 0.3 is 5.97 Å². The van der Waals surface area contributed by atoms with Gasteiger partial charge in [0.15, 0.2) is 0 Å². The number of hydrogen-bond acceptors (Lipinski definition) is 3. The molecule has 1 aliphatic heterocycles. The lowest BCUT2D eigenvalue weighted by atomic mass is 10.1. The zero-order valence-electron chi connectivity index (χ0n) is 11.3. The number of nitrogens with one attached hydrogen (secondary N) is 1. The quantitative estimate of drug-likeness (QED) is 0.818. The first-order valence-electron chi connectivity index (χ1n) is 6.66. The van der Waals surface area contributed by atoms with Gasteiger partial charge < -0.3 is 15.2 Å². The van der Waals surface area contributed by atoms with Gasteiger partial charge in [-0.15, -0.1) is 0 Å². The predicted molar refractivity (Wildman–Crippen MR) is 75.3 cm³/mol. The van der Waals surface area contributed by atoms with Crippen LogP contribution in [0.1, 0.15) is 24.8 Å². The molecule has 2 rings (SSSR count). The summed E-state index contributed by atoms with van der Waals surface area (Å²) >= 11 is 0. The summed E-state index contributed by atoms with van der Waals surface area (Å²) in [5, 5.41) is 11.0. The Hall–Kier alpha value is -2.21. The summed E-state index contributed by atoms with van der Waals surface area (Å²) in [6.07, 6.45) is 4.10. The first-order valence-corrected chi connectivity index (χ1v) is 6.66. The van der Waals surface area contributed by atoms with Gasteiger partial charge in [0, 0.05) is 12.7 Å². The average molecular weight is 293 g/mol. The van der Waals surface area contributed by atoms with Crippen molar-refractivity contribution >= 4 is 23.6 Å². The van der Waals surface area contributed by atoms with Gasteiger partial charge in [-0.3, -0.25) is 4.79 Å². The minimum absolute atomic E-state index is 0.0745. The zero-order chi connectivity index (χ0) is 15.2. The van der Waals surface area contributed by atoms with Crippen molar-refractivity contribution in [3.63, 3.8) is 0 Å². The topological polar surface area (TPSA) is 75.6 Å². The molecule has 0 aliphatic carbocycles. The highest BCUT2D eigenvalue weighted by Crippen LogP contribution is 2.19. The molecule has 1 fully saturated rings. The van der Waals surface area contributed by atoms with Crippen LogP contribution in [0.2, 0.25) is 0 Å². The summed E-state index contributed by atoms with van der Waals surface area (Å²) in [7, 11) is 0. The Balaban J connectivity index is 1.96. The average Bonchev–Trinajstić information content (AvgIpc) is 2.92. The Labute approximate surface area is 121 Å². The van der Waals surface area contributed by atoms with Crippen LogP contribution in [0.5, 0.6) is 0 Å². The largest absolute Gasteiger partial charge is 0.478 e. The van der Waals surface area contributed by atoms with Crippen LogP contribution >= 0.6 is 0 Å². The van der Waals surface area contributed by atoms with Crippen molar-refractivity contribution in [2.75, 3.05) is 11.9 Å². The maximum absolute atomic E-state index is 13.8. The number of hydrogen-bond donors (Lipinski definition) is 2. The Kier molecular flexibility index (Phi) is 5.05. The van der Waals surface area contributed by atoms with E-state index in [-0.39, 0.29) is 24.1 Å². The molecule has 1 atom stereocenters. The standard InChI is InChI=1S/C15H16FNO4/c16-12-8-10(4-6-15(19)20)3-5-13(12)17-14(18)9-11-2-1-7-21-11/h3-6,8,11H,1-2,7,9H2,(H,17,18)(H,19,20). The highest BCUT2D eigenvalue weighted by Gasteiger charge is 2.19. The summed E-state index contributed by atoms with van der Waals surface area (Å²) in [4.78, 5) is 22.2. The number of halogens is 1. The third-order valence-corrected chi connectivity index (χ3v) is 3.12. The number of carboxylic acid groups (broad SMARTS) is 1. The van der Waals surface area contributed by atoms with Crippen LogP contribution in [-0.4, -0.2) is 29.7 Å². The lowest BCUT2D eigenvalue weighted by Crippen LogP contribution is -2.19. The second kappa shape index (κ2) is 6.99. The molecule has 0 bridgehead atoms. The third kappa shape index (κ3) is 4.68. The van der Waals surface area contributed by atoms with Gasteiger partial charge in [0.1, 0.15) is 5.82 Å². The molecule has 1 aliphatic rings. The van der Waals surface area contributed by atoms with Crippen LogP contribution in [0.4, 0.5) is 10.1 Å². The number of rotatable bonds is 5. The molecule has 112 valence electrons. The molecule has 0 radical (unpaired) electrons. The second-order valence-corrected chi connectivity index (χ2v) is 4.80. The fourth-order valence-corrected chi connectivity index (χ4v) is 2.12. The van der Waals surface area contributed by atoms with Crippen molar-refractivity contribution < 1.29 is 23.8 Å². The lowest BCUT2D eigenvalue weighted by molar-refractivity contribution is -0.131. The number of ether oxygens (including phenoxy) is 1. The highest BCUT2D eigenvalue weighted by molar-refractivity contribution is 5.91. The normalized spacial score (nSPS) is 18.0. The fraction of sp³-hybridized carbons (Fsp3) is 0.333.